The first-order valence-electron chi connectivity index (χ1n) is 5.81. The molecule has 0 saturated heterocycles. The lowest BCUT2D eigenvalue weighted by Gasteiger charge is -2.12. The SMILES string of the molecule is CC(CNc1ccccc1)Sc1ccc(Br)cn1. The lowest BCUT2D eigenvalue weighted by atomic mass is 10.3. The largest absolute Gasteiger partial charge is 0.384 e. The van der Waals surface area contributed by atoms with Gasteiger partial charge in [0.05, 0.1) is 5.03 Å². The molecule has 4 heteroatoms. The summed E-state index contributed by atoms with van der Waals surface area (Å²) in [4.78, 5) is 4.36. The average molecular weight is 323 g/mol. The Labute approximate surface area is 120 Å². The zero-order valence-corrected chi connectivity index (χ0v) is 12.5. The Morgan fingerprint density at radius 3 is 2.67 bits per heavy atom. The van der Waals surface area contributed by atoms with Gasteiger partial charge in [0.25, 0.3) is 0 Å². The Balaban J connectivity index is 1.82. The number of hydrogen-bond donors (Lipinski definition) is 1. The fourth-order valence-electron chi connectivity index (χ4n) is 1.50. The van der Waals surface area contributed by atoms with Crippen LogP contribution in [-0.2, 0) is 0 Å². The highest BCUT2D eigenvalue weighted by Crippen LogP contribution is 2.22. The van der Waals surface area contributed by atoms with Crippen molar-refractivity contribution >= 4 is 33.4 Å². The van der Waals surface area contributed by atoms with Crippen LogP contribution in [0, 0.1) is 0 Å². The molecule has 2 rings (SSSR count). The highest BCUT2D eigenvalue weighted by Gasteiger charge is 2.05. The molecule has 0 amide bonds. The van der Waals surface area contributed by atoms with Crippen LogP contribution in [0.2, 0.25) is 0 Å². The number of rotatable bonds is 5. The standard InChI is InChI=1S/C14H15BrN2S/c1-11(9-16-13-5-3-2-4-6-13)18-14-8-7-12(15)10-17-14/h2-8,10-11,16H,9H2,1H3. The monoisotopic (exact) mass is 322 g/mol. The molecule has 0 fully saturated rings. The van der Waals surface area contributed by atoms with Crippen molar-refractivity contribution < 1.29 is 0 Å². The normalized spacial score (nSPS) is 12.1. The summed E-state index contributed by atoms with van der Waals surface area (Å²) in [5.41, 5.74) is 1.16. The maximum Gasteiger partial charge on any atom is 0.0963 e. The van der Waals surface area contributed by atoms with Crippen molar-refractivity contribution in [3.8, 4) is 0 Å². The van der Waals surface area contributed by atoms with E-state index in [-0.39, 0.29) is 0 Å². The quantitative estimate of drug-likeness (QED) is 0.824. The second-order valence-electron chi connectivity index (χ2n) is 3.99. The molecule has 2 nitrogen and oxygen atoms in total. The molecular formula is C14H15BrN2S. The summed E-state index contributed by atoms with van der Waals surface area (Å²) in [6.07, 6.45) is 1.83. The van der Waals surface area contributed by atoms with Crippen LogP contribution in [0.1, 0.15) is 6.92 Å². The predicted molar refractivity (Wildman–Crippen MR) is 82.2 cm³/mol. The number of anilines is 1. The number of aromatic nitrogens is 1. The minimum atomic E-state index is 0.471. The number of nitrogens with one attached hydrogen (secondary N) is 1. The van der Waals surface area contributed by atoms with Gasteiger partial charge in [0, 0.05) is 28.2 Å². The number of halogens is 1. The van der Waals surface area contributed by atoms with Crippen LogP contribution >= 0.6 is 27.7 Å². The average Bonchev–Trinajstić information content (AvgIpc) is 2.40. The first-order chi connectivity index (χ1) is 8.74. The Hall–Kier alpha value is -1.00. The van der Waals surface area contributed by atoms with E-state index in [4.69, 9.17) is 0 Å². The molecule has 1 atom stereocenters. The molecule has 0 bridgehead atoms. The zero-order chi connectivity index (χ0) is 12.8. The van der Waals surface area contributed by atoms with Gasteiger partial charge in [0.15, 0.2) is 0 Å². The molecule has 94 valence electrons. The molecule has 1 unspecified atom stereocenters. The topological polar surface area (TPSA) is 24.9 Å². The summed E-state index contributed by atoms with van der Waals surface area (Å²) in [5, 5.41) is 4.95. The number of thioether (sulfide) groups is 1. The van der Waals surface area contributed by atoms with E-state index < -0.39 is 0 Å². The summed E-state index contributed by atoms with van der Waals surface area (Å²) < 4.78 is 1.02. The van der Waals surface area contributed by atoms with E-state index in [0.717, 1.165) is 21.7 Å². The molecule has 1 heterocycles. The van der Waals surface area contributed by atoms with Gasteiger partial charge in [0.1, 0.15) is 0 Å². The maximum absolute atomic E-state index is 4.36. The number of para-hydroxylation sites is 1. The van der Waals surface area contributed by atoms with E-state index in [1.807, 2.05) is 36.5 Å². The summed E-state index contributed by atoms with van der Waals surface area (Å²) in [6, 6.07) is 14.3. The molecule has 0 spiro atoms. The van der Waals surface area contributed by atoms with E-state index in [0.29, 0.717) is 5.25 Å². The van der Waals surface area contributed by atoms with Crippen LogP contribution in [0.4, 0.5) is 5.69 Å². The van der Waals surface area contributed by atoms with E-state index >= 15 is 0 Å². The third-order valence-corrected chi connectivity index (χ3v) is 3.91. The first-order valence-corrected chi connectivity index (χ1v) is 7.48. The van der Waals surface area contributed by atoms with E-state index in [2.05, 4.69) is 45.3 Å². The van der Waals surface area contributed by atoms with E-state index in [9.17, 15) is 0 Å². The van der Waals surface area contributed by atoms with Gasteiger partial charge < -0.3 is 5.32 Å². The van der Waals surface area contributed by atoms with Crippen molar-refractivity contribution in [1.82, 2.24) is 4.98 Å². The second-order valence-corrected chi connectivity index (χ2v) is 6.36. The number of nitrogens with zero attached hydrogens (tertiary/aromatic N) is 1. The fourth-order valence-corrected chi connectivity index (χ4v) is 2.57. The Kier molecular flexibility index (Phi) is 5.08. The lowest BCUT2D eigenvalue weighted by Crippen LogP contribution is -2.13. The van der Waals surface area contributed by atoms with E-state index in [1.54, 1.807) is 11.8 Å². The van der Waals surface area contributed by atoms with Gasteiger partial charge in [-0.05, 0) is 40.2 Å². The van der Waals surface area contributed by atoms with Gasteiger partial charge in [-0.2, -0.15) is 0 Å². The third kappa shape index (κ3) is 4.35. The van der Waals surface area contributed by atoms with Crippen LogP contribution in [0.3, 0.4) is 0 Å². The van der Waals surface area contributed by atoms with Crippen molar-refractivity contribution in [2.24, 2.45) is 0 Å². The van der Waals surface area contributed by atoms with Crippen molar-refractivity contribution in [3.63, 3.8) is 0 Å². The molecule has 0 aliphatic rings. The summed E-state index contributed by atoms with van der Waals surface area (Å²) >= 11 is 5.17. The number of benzene rings is 1. The molecule has 2 aromatic rings. The van der Waals surface area contributed by atoms with Gasteiger partial charge in [-0.3, -0.25) is 0 Å². The zero-order valence-electron chi connectivity index (χ0n) is 10.1. The minimum Gasteiger partial charge on any atom is -0.384 e. The predicted octanol–water partition coefficient (Wildman–Crippen LogP) is 4.44. The molecule has 1 aromatic heterocycles. The Morgan fingerprint density at radius 1 is 1.22 bits per heavy atom. The molecule has 0 saturated carbocycles. The highest BCUT2D eigenvalue weighted by atomic mass is 79.9. The molecule has 0 radical (unpaired) electrons. The minimum absolute atomic E-state index is 0.471. The van der Waals surface area contributed by atoms with Gasteiger partial charge in [-0.15, -0.1) is 11.8 Å². The summed E-state index contributed by atoms with van der Waals surface area (Å²) in [5.74, 6) is 0. The van der Waals surface area contributed by atoms with Gasteiger partial charge in [0.2, 0.25) is 0 Å². The van der Waals surface area contributed by atoms with E-state index in [1.165, 1.54) is 0 Å². The third-order valence-electron chi connectivity index (χ3n) is 2.39. The molecule has 0 aliphatic carbocycles. The van der Waals surface area contributed by atoms with Gasteiger partial charge in [-0.25, -0.2) is 4.98 Å². The molecule has 1 N–H and O–H groups in total. The fraction of sp³-hybridized carbons (Fsp3) is 0.214. The highest BCUT2D eigenvalue weighted by molar-refractivity contribution is 9.10. The summed E-state index contributed by atoms with van der Waals surface area (Å²) in [7, 11) is 0. The van der Waals surface area contributed by atoms with Crippen LogP contribution in [0.25, 0.3) is 0 Å². The maximum atomic E-state index is 4.36. The second kappa shape index (κ2) is 6.81. The van der Waals surface area contributed by atoms with Crippen LogP contribution in [-0.4, -0.2) is 16.8 Å². The summed E-state index contributed by atoms with van der Waals surface area (Å²) in [6.45, 7) is 3.12. The van der Waals surface area contributed by atoms with Gasteiger partial charge >= 0.3 is 0 Å². The van der Waals surface area contributed by atoms with Crippen molar-refractivity contribution in [1.29, 1.82) is 0 Å². The van der Waals surface area contributed by atoms with Crippen molar-refractivity contribution in [3.05, 3.63) is 53.1 Å². The molecule has 1 aromatic carbocycles. The van der Waals surface area contributed by atoms with Crippen LogP contribution < -0.4 is 5.32 Å². The number of pyridine rings is 1. The first kappa shape index (κ1) is 13.4. The number of hydrogen-bond acceptors (Lipinski definition) is 3. The molecule has 0 aliphatic heterocycles. The smallest absolute Gasteiger partial charge is 0.0963 e. The lowest BCUT2D eigenvalue weighted by molar-refractivity contribution is 0.988. The van der Waals surface area contributed by atoms with Crippen LogP contribution in [0.5, 0.6) is 0 Å². The van der Waals surface area contributed by atoms with Crippen LogP contribution in [0.15, 0.2) is 58.2 Å². The van der Waals surface area contributed by atoms with Crippen molar-refractivity contribution in [2.75, 3.05) is 11.9 Å². The Morgan fingerprint density at radius 2 is 2.00 bits per heavy atom. The Bertz CT molecular complexity index is 473. The molecule has 18 heavy (non-hydrogen) atoms. The van der Waals surface area contributed by atoms with Crippen molar-refractivity contribution in [2.45, 2.75) is 17.2 Å². The molecular weight excluding hydrogens is 308 g/mol. The van der Waals surface area contributed by atoms with Gasteiger partial charge in [-0.1, -0.05) is 25.1 Å².